The van der Waals surface area contributed by atoms with Gasteiger partial charge < -0.3 is 9.64 Å². The highest BCUT2D eigenvalue weighted by Crippen LogP contribution is 2.43. The van der Waals surface area contributed by atoms with E-state index in [0.29, 0.717) is 11.5 Å². The van der Waals surface area contributed by atoms with Crippen molar-refractivity contribution in [3.8, 4) is 0 Å². The number of likely N-dealkylation sites (tertiary alicyclic amines) is 2. The van der Waals surface area contributed by atoms with E-state index in [1.54, 1.807) is 0 Å². The van der Waals surface area contributed by atoms with Crippen LogP contribution in [0.1, 0.15) is 37.7 Å². The van der Waals surface area contributed by atoms with Gasteiger partial charge in [0.1, 0.15) is 0 Å². The molecular weight excluding hydrogens is 298 g/mol. The van der Waals surface area contributed by atoms with Crippen LogP contribution >= 0.6 is 0 Å². The molecule has 2 aliphatic heterocycles. The van der Waals surface area contributed by atoms with Crippen LogP contribution in [0.15, 0.2) is 24.5 Å². The third-order valence-corrected chi connectivity index (χ3v) is 6.28. The maximum atomic E-state index is 5.99. The fraction of sp³-hybridized carbons (Fsp3) is 0.750. The van der Waals surface area contributed by atoms with Gasteiger partial charge in [0.05, 0.1) is 6.61 Å². The van der Waals surface area contributed by atoms with E-state index in [9.17, 15) is 0 Å². The average molecular weight is 329 g/mol. The van der Waals surface area contributed by atoms with Crippen LogP contribution < -0.4 is 0 Å². The Morgan fingerprint density at radius 3 is 2.79 bits per heavy atom. The first-order chi connectivity index (χ1) is 11.7. The number of nitrogens with zero attached hydrogens (tertiary/aromatic N) is 3. The maximum Gasteiger partial charge on any atom is 0.0622 e. The lowest BCUT2D eigenvalue weighted by Gasteiger charge is -2.39. The van der Waals surface area contributed by atoms with Gasteiger partial charge in [-0.15, -0.1) is 0 Å². The number of pyridine rings is 1. The largest absolute Gasteiger partial charge is 0.380 e. The van der Waals surface area contributed by atoms with Gasteiger partial charge in [-0.25, -0.2) is 0 Å². The molecule has 3 aliphatic rings. The van der Waals surface area contributed by atoms with E-state index in [1.807, 2.05) is 18.5 Å². The van der Waals surface area contributed by atoms with Crippen LogP contribution in [0.3, 0.4) is 0 Å². The standard InChI is InChI=1S/C20H31N3O/c1-22-16-20(11-19(22)15-24-14-17-4-5-17)6-9-23(10-7-20)13-18-3-2-8-21-12-18/h2-3,8,12,17,19H,4-7,9-11,13-16H2,1H3/t19-/m0/s1. The Morgan fingerprint density at radius 1 is 1.25 bits per heavy atom. The van der Waals surface area contributed by atoms with Crippen LogP contribution in [0, 0.1) is 11.3 Å². The predicted octanol–water partition coefficient (Wildman–Crippen LogP) is 2.79. The number of ether oxygens (including phenoxy) is 1. The fourth-order valence-electron chi connectivity index (χ4n) is 4.52. The van der Waals surface area contributed by atoms with Crippen LogP contribution in [0.2, 0.25) is 0 Å². The molecule has 3 fully saturated rings. The van der Waals surface area contributed by atoms with Gasteiger partial charge in [0.2, 0.25) is 0 Å². The van der Waals surface area contributed by atoms with E-state index in [0.717, 1.165) is 25.7 Å². The van der Waals surface area contributed by atoms with Crippen LogP contribution in [0.25, 0.3) is 0 Å². The number of rotatable bonds is 6. The van der Waals surface area contributed by atoms with E-state index in [1.165, 1.54) is 57.3 Å². The van der Waals surface area contributed by atoms with E-state index < -0.39 is 0 Å². The first-order valence-corrected chi connectivity index (χ1v) is 9.62. The van der Waals surface area contributed by atoms with E-state index in [-0.39, 0.29) is 0 Å². The summed E-state index contributed by atoms with van der Waals surface area (Å²) in [4.78, 5) is 9.39. The highest BCUT2D eigenvalue weighted by atomic mass is 16.5. The summed E-state index contributed by atoms with van der Waals surface area (Å²) in [7, 11) is 2.29. The summed E-state index contributed by atoms with van der Waals surface area (Å²) in [6.45, 7) is 6.68. The topological polar surface area (TPSA) is 28.6 Å². The summed E-state index contributed by atoms with van der Waals surface area (Å²) in [6, 6.07) is 4.86. The summed E-state index contributed by atoms with van der Waals surface area (Å²) >= 11 is 0. The zero-order valence-electron chi connectivity index (χ0n) is 15.0. The molecule has 1 aromatic heterocycles. The molecule has 1 aliphatic carbocycles. The molecule has 24 heavy (non-hydrogen) atoms. The SMILES string of the molecule is CN1CC2(CCN(Cc3cccnc3)CC2)C[C@H]1COCC1CC1. The van der Waals surface area contributed by atoms with Crippen molar-refractivity contribution in [2.75, 3.05) is 39.9 Å². The quantitative estimate of drug-likeness (QED) is 0.802. The highest BCUT2D eigenvalue weighted by molar-refractivity contribution is 5.08. The lowest BCUT2D eigenvalue weighted by atomic mass is 9.76. The zero-order chi connectivity index (χ0) is 16.4. The third kappa shape index (κ3) is 3.98. The van der Waals surface area contributed by atoms with E-state index in [4.69, 9.17) is 4.74 Å². The predicted molar refractivity (Wildman–Crippen MR) is 95.8 cm³/mol. The summed E-state index contributed by atoms with van der Waals surface area (Å²) in [5.41, 5.74) is 1.87. The molecule has 1 aromatic rings. The molecule has 2 saturated heterocycles. The molecule has 0 bridgehead atoms. The Bertz CT molecular complexity index is 523. The maximum absolute atomic E-state index is 5.99. The van der Waals surface area contributed by atoms with E-state index >= 15 is 0 Å². The Kier molecular flexibility index (Phi) is 4.88. The van der Waals surface area contributed by atoms with Gasteiger partial charge >= 0.3 is 0 Å². The molecule has 4 heteroatoms. The molecule has 1 atom stereocenters. The lowest BCUT2D eigenvalue weighted by molar-refractivity contribution is 0.0776. The summed E-state index contributed by atoms with van der Waals surface area (Å²) in [6.07, 6.45) is 10.6. The Hall–Kier alpha value is -0.970. The smallest absolute Gasteiger partial charge is 0.0622 e. The van der Waals surface area contributed by atoms with Crippen LogP contribution in [-0.2, 0) is 11.3 Å². The molecule has 1 spiro atoms. The minimum Gasteiger partial charge on any atom is -0.380 e. The minimum absolute atomic E-state index is 0.536. The van der Waals surface area contributed by atoms with Crippen molar-refractivity contribution in [3.05, 3.63) is 30.1 Å². The molecule has 0 amide bonds. The molecule has 132 valence electrons. The number of aromatic nitrogens is 1. The summed E-state index contributed by atoms with van der Waals surface area (Å²) in [5.74, 6) is 0.876. The molecule has 0 radical (unpaired) electrons. The van der Waals surface area contributed by atoms with Crippen molar-refractivity contribution < 1.29 is 4.74 Å². The average Bonchev–Trinajstić information content (AvgIpc) is 3.36. The molecule has 3 heterocycles. The van der Waals surface area contributed by atoms with Gasteiger partial charge in [0, 0.05) is 38.1 Å². The van der Waals surface area contributed by atoms with Crippen molar-refractivity contribution >= 4 is 0 Å². The number of likely N-dealkylation sites (N-methyl/N-ethyl adjacent to an activating group) is 1. The fourth-order valence-corrected chi connectivity index (χ4v) is 4.52. The Morgan fingerprint density at radius 2 is 2.08 bits per heavy atom. The first kappa shape index (κ1) is 16.5. The van der Waals surface area contributed by atoms with Crippen LogP contribution in [0.4, 0.5) is 0 Å². The second-order valence-corrected chi connectivity index (χ2v) is 8.39. The lowest BCUT2D eigenvalue weighted by Crippen LogP contribution is -2.40. The monoisotopic (exact) mass is 329 g/mol. The number of piperidine rings is 1. The van der Waals surface area contributed by atoms with Gasteiger partial charge in [0.25, 0.3) is 0 Å². The second kappa shape index (κ2) is 7.11. The highest BCUT2D eigenvalue weighted by Gasteiger charge is 2.44. The second-order valence-electron chi connectivity index (χ2n) is 8.39. The van der Waals surface area contributed by atoms with Crippen LogP contribution in [-0.4, -0.2) is 60.7 Å². The Labute approximate surface area is 146 Å². The minimum atomic E-state index is 0.536. The van der Waals surface area contributed by atoms with Crippen LogP contribution in [0.5, 0.6) is 0 Å². The Balaban J connectivity index is 1.25. The molecule has 0 unspecified atom stereocenters. The van der Waals surface area contributed by atoms with Gasteiger partial charge in [-0.05, 0) is 75.2 Å². The molecule has 1 saturated carbocycles. The van der Waals surface area contributed by atoms with Crippen molar-refractivity contribution in [2.45, 2.75) is 44.7 Å². The van der Waals surface area contributed by atoms with Crippen molar-refractivity contribution in [1.82, 2.24) is 14.8 Å². The number of hydrogen-bond acceptors (Lipinski definition) is 4. The molecule has 4 rings (SSSR count). The molecule has 0 aromatic carbocycles. The summed E-state index contributed by atoms with van der Waals surface area (Å²) in [5, 5.41) is 0. The molecule has 0 N–H and O–H groups in total. The first-order valence-electron chi connectivity index (χ1n) is 9.62. The normalized spacial score (nSPS) is 27.8. The van der Waals surface area contributed by atoms with E-state index in [2.05, 4.69) is 27.9 Å². The van der Waals surface area contributed by atoms with Crippen molar-refractivity contribution in [3.63, 3.8) is 0 Å². The van der Waals surface area contributed by atoms with Gasteiger partial charge in [-0.1, -0.05) is 6.07 Å². The molecule has 4 nitrogen and oxygen atoms in total. The van der Waals surface area contributed by atoms with Gasteiger partial charge in [-0.3, -0.25) is 9.88 Å². The van der Waals surface area contributed by atoms with Gasteiger partial charge in [0.15, 0.2) is 0 Å². The van der Waals surface area contributed by atoms with Crippen molar-refractivity contribution in [1.29, 1.82) is 0 Å². The van der Waals surface area contributed by atoms with Gasteiger partial charge in [-0.2, -0.15) is 0 Å². The van der Waals surface area contributed by atoms with Crippen molar-refractivity contribution in [2.24, 2.45) is 11.3 Å². The molecular formula is C20H31N3O. The zero-order valence-corrected chi connectivity index (χ0v) is 15.0. The summed E-state index contributed by atoms with van der Waals surface area (Å²) < 4.78 is 5.99. The number of hydrogen-bond donors (Lipinski definition) is 0. The third-order valence-electron chi connectivity index (χ3n) is 6.28.